The van der Waals surface area contributed by atoms with Crippen LogP contribution in [0, 0.1) is 0 Å². The van der Waals surface area contributed by atoms with Gasteiger partial charge in [0, 0.05) is 0 Å². The van der Waals surface area contributed by atoms with E-state index < -0.39 is 0 Å². The lowest BCUT2D eigenvalue weighted by atomic mass is 10.0. The summed E-state index contributed by atoms with van der Waals surface area (Å²) in [5.74, 6) is 1.82. The normalized spacial score (nSPS) is 10.4. The summed E-state index contributed by atoms with van der Waals surface area (Å²) in [6.07, 6.45) is 6.19. The molecule has 0 aliphatic carbocycles. The van der Waals surface area contributed by atoms with Gasteiger partial charge in [-0.1, -0.05) is 38.3 Å². The molecule has 0 N–H and O–H groups in total. The Labute approximate surface area is 111 Å². The molecule has 2 nitrogen and oxygen atoms in total. The average molecular weight is 250 g/mol. The molecule has 18 heavy (non-hydrogen) atoms. The molecule has 0 saturated heterocycles. The van der Waals surface area contributed by atoms with Crippen molar-refractivity contribution in [2.24, 2.45) is 0 Å². The van der Waals surface area contributed by atoms with Crippen molar-refractivity contribution < 1.29 is 9.47 Å². The van der Waals surface area contributed by atoms with Crippen LogP contribution in [0.25, 0.3) is 0 Å². The van der Waals surface area contributed by atoms with E-state index >= 15 is 0 Å². The molecule has 2 heteroatoms. The van der Waals surface area contributed by atoms with Crippen LogP contribution in [0.3, 0.4) is 0 Å². The van der Waals surface area contributed by atoms with Gasteiger partial charge in [0.05, 0.1) is 13.2 Å². The maximum atomic E-state index is 5.75. The van der Waals surface area contributed by atoms with E-state index in [9.17, 15) is 0 Å². The van der Waals surface area contributed by atoms with Gasteiger partial charge in [-0.15, -0.1) is 0 Å². The second kappa shape index (κ2) is 8.84. The van der Waals surface area contributed by atoms with Crippen LogP contribution in [0.5, 0.6) is 11.5 Å². The van der Waals surface area contributed by atoms with E-state index in [2.05, 4.69) is 19.1 Å². The van der Waals surface area contributed by atoms with E-state index in [4.69, 9.17) is 9.47 Å². The molecule has 0 amide bonds. The van der Waals surface area contributed by atoms with Crippen LogP contribution in [0.4, 0.5) is 0 Å². The number of aryl methyl sites for hydroxylation is 1. The molecule has 0 spiro atoms. The highest BCUT2D eigenvalue weighted by Crippen LogP contribution is 2.32. The topological polar surface area (TPSA) is 18.5 Å². The van der Waals surface area contributed by atoms with E-state index in [0.717, 1.165) is 17.9 Å². The molecule has 0 aliphatic rings. The second-order valence-corrected chi connectivity index (χ2v) is 4.42. The summed E-state index contributed by atoms with van der Waals surface area (Å²) in [6, 6.07) is 6.20. The summed E-state index contributed by atoms with van der Waals surface area (Å²) in [5.41, 5.74) is 1.28. The lowest BCUT2D eigenvalue weighted by Crippen LogP contribution is -2.01. The van der Waals surface area contributed by atoms with Gasteiger partial charge in [0.15, 0.2) is 11.5 Å². The predicted molar refractivity (Wildman–Crippen MR) is 76.6 cm³/mol. The van der Waals surface area contributed by atoms with Gasteiger partial charge in [0.1, 0.15) is 0 Å². The van der Waals surface area contributed by atoms with Gasteiger partial charge in [-0.3, -0.25) is 0 Å². The van der Waals surface area contributed by atoms with Gasteiger partial charge in [-0.2, -0.15) is 0 Å². The molecule has 0 heterocycles. The van der Waals surface area contributed by atoms with Crippen LogP contribution in [0.2, 0.25) is 0 Å². The van der Waals surface area contributed by atoms with E-state index in [0.29, 0.717) is 13.2 Å². The van der Waals surface area contributed by atoms with Crippen LogP contribution < -0.4 is 9.47 Å². The Hall–Kier alpha value is -1.18. The maximum Gasteiger partial charge on any atom is 0.164 e. The highest BCUT2D eigenvalue weighted by molar-refractivity contribution is 5.46. The van der Waals surface area contributed by atoms with Crippen molar-refractivity contribution in [2.45, 2.75) is 52.9 Å². The first-order valence-corrected chi connectivity index (χ1v) is 7.20. The van der Waals surface area contributed by atoms with Crippen molar-refractivity contribution in [1.29, 1.82) is 0 Å². The minimum Gasteiger partial charge on any atom is -0.490 e. The van der Waals surface area contributed by atoms with Crippen molar-refractivity contribution in [1.82, 2.24) is 0 Å². The standard InChI is InChI=1S/C16H26O2/c1-4-7-8-9-11-14-12-10-13-15(17-5-2)16(14)18-6-3/h10,12-13H,4-9,11H2,1-3H3. The Balaban J connectivity index is 2.71. The molecular formula is C16H26O2. The Bertz CT molecular complexity index is 334. The molecule has 1 aromatic rings. The molecule has 0 fully saturated rings. The lowest BCUT2D eigenvalue weighted by molar-refractivity contribution is 0.285. The van der Waals surface area contributed by atoms with Crippen LogP contribution in [0.15, 0.2) is 18.2 Å². The molecule has 102 valence electrons. The minimum atomic E-state index is 0.680. The summed E-state index contributed by atoms with van der Waals surface area (Å²) in [6.45, 7) is 7.62. The van der Waals surface area contributed by atoms with Crippen molar-refractivity contribution in [3.8, 4) is 11.5 Å². The largest absolute Gasteiger partial charge is 0.490 e. The Morgan fingerprint density at radius 1 is 0.889 bits per heavy atom. The fourth-order valence-electron chi connectivity index (χ4n) is 2.08. The number of benzene rings is 1. The molecule has 0 aromatic heterocycles. The summed E-state index contributed by atoms with van der Waals surface area (Å²) >= 11 is 0. The van der Waals surface area contributed by atoms with E-state index in [1.165, 1.54) is 31.2 Å². The fraction of sp³-hybridized carbons (Fsp3) is 0.625. The number of unbranched alkanes of at least 4 members (excludes halogenated alkanes) is 3. The number of para-hydroxylation sites is 1. The second-order valence-electron chi connectivity index (χ2n) is 4.42. The fourth-order valence-corrected chi connectivity index (χ4v) is 2.08. The first-order valence-electron chi connectivity index (χ1n) is 7.20. The van der Waals surface area contributed by atoms with Gasteiger partial charge < -0.3 is 9.47 Å². The smallest absolute Gasteiger partial charge is 0.164 e. The van der Waals surface area contributed by atoms with E-state index in [-0.39, 0.29) is 0 Å². The molecule has 0 saturated carbocycles. The third-order valence-electron chi connectivity index (χ3n) is 2.95. The van der Waals surface area contributed by atoms with Gasteiger partial charge in [0.2, 0.25) is 0 Å². The van der Waals surface area contributed by atoms with Crippen molar-refractivity contribution in [3.63, 3.8) is 0 Å². The Morgan fingerprint density at radius 3 is 2.33 bits per heavy atom. The average Bonchev–Trinajstić information content (AvgIpc) is 2.38. The molecule has 0 unspecified atom stereocenters. The third-order valence-corrected chi connectivity index (χ3v) is 2.95. The number of rotatable bonds is 9. The van der Waals surface area contributed by atoms with Gasteiger partial charge in [0.25, 0.3) is 0 Å². The van der Waals surface area contributed by atoms with Crippen LogP contribution in [0.1, 0.15) is 52.0 Å². The van der Waals surface area contributed by atoms with Crippen molar-refractivity contribution >= 4 is 0 Å². The van der Waals surface area contributed by atoms with Crippen molar-refractivity contribution in [2.75, 3.05) is 13.2 Å². The van der Waals surface area contributed by atoms with Crippen LogP contribution >= 0.6 is 0 Å². The van der Waals surface area contributed by atoms with Gasteiger partial charge in [-0.25, -0.2) is 0 Å². The zero-order chi connectivity index (χ0) is 13.2. The summed E-state index contributed by atoms with van der Waals surface area (Å²) in [4.78, 5) is 0. The molecule has 0 radical (unpaired) electrons. The first-order chi connectivity index (χ1) is 8.83. The number of hydrogen-bond acceptors (Lipinski definition) is 2. The van der Waals surface area contributed by atoms with Crippen molar-refractivity contribution in [3.05, 3.63) is 23.8 Å². The summed E-state index contributed by atoms with van der Waals surface area (Å²) < 4.78 is 11.4. The highest BCUT2D eigenvalue weighted by atomic mass is 16.5. The van der Waals surface area contributed by atoms with E-state index in [1.54, 1.807) is 0 Å². The lowest BCUT2D eigenvalue weighted by Gasteiger charge is -2.15. The van der Waals surface area contributed by atoms with Gasteiger partial charge in [-0.05, 0) is 38.3 Å². The minimum absolute atomic E-state index is 0.680. The predicted octanol–water partition coefficient (Wildman–Crippen LogP) is 4.61. The molecule has 0 bridgehead atoms. The zero-order valence-electron chi connectivity index (χ0n) is 12.0. The molecular weight excluding hydrogens is 224 g/mol. The zero-order valence-corrected chi connectivity index (χ0v) is 12.0. The number of ether oxygens (including phenoxy) is 2. The summed E-state index contributed by atoms with van der Waals surface area (Å²) in [5, 5.41) is 0. The van der Waals surface area contributed by atoms with Crippen LogP contribution in [-0.4, -0.2) is 13.2 Å². The monoisotopic (exact) mass is 250 g/mol. The van der Waals surface area contributed by atoms with Gasteiger partial charge >= 0.3 is 0 Å². The molecule has 1 rings (SSSR count). The molecule has 0 atom stereocenters. The highest BCUT2D eigenvalue weighted by Gasteiger charge is 2.10. The first kappa shape index (κ1) is 14.9. The SMILES string of the molecule is CCCCCCc1cccc(OCC)c1OCC. The Kier molecular flexibility index (Phi) is 7.31. The Morgan fingerprint density at radius 2 is 1.67 bits per heavy atom. The number of hydrogen-bond donors (Lipinski definition) is 0. The molecule has 0 aliphatic heterocycles. The molecule has 1 aromatic carbocycles. The summed E-state index contributed by atoms with van der Waals surface area (Å²) in [7, 11) is 0. The quantitative estimate of drug-likeness (QED) is 0.596. The third kappa shape index (κ3) is 4.59. The maximum absolute atomic E-state index is 5.75. The van der Waals surface area contributed by atoms with E-state index in [1.807, 2.05) is 19.9 Å². The van der Waals surface area contributed by atoms with Crippen LogP contribution in [-0.2, 0) is 6.42 Å².